The molecule has 2 heterocycles. The van der Waals surface area contributed by atoms with Crippen LogP contribution in [0.3, 0.4) is 0 Å². The van der Waals surface area contributed by atoms with Crippen molar-refractivity contribution in [2.45, 2.75) is 25.5 Å². The number of rotatable bonds is 4. The van der Waals surface area contributed by atoms with E-state index in [0.717, 1.165) is 6.42 Å². The molecule has 0 aliphatic carbocycles. The molecule has 6 heteroatoms. The number of hydrogen-bond acceptors (Lipinski definition) is 4. The third kappa shape index (κ3) is 3.78. The van der Waals surface area contributed by atoms with E-state index in [1.165, 1.54) is 6.20 Å². The van der Waals surface area contributed by atoms with Crippen LogP contribution in [0.5, 0.6) is 0 Å². The summed E-state index contributed by atoms with van der Waals surface area (Å²) in [5.74, 6) is -0.437. The summed E-state index contributed by atoms with van der Waals surface area (Å²) in [6, 6.07) is 10.3. The summed E-state index contributed by atoms with van der Waals surface area (Å²) in [5.41, 5.74) is 1.52. The van der Waals surface area contributed by atoms with Gasteiger partial charge in [-0.2, -0.15) is 0 Å². The number of benzene rings is 1. The maximum Gasteiger partial charge on any atom is 0.257 e. The molecule has 24 heavy (non-hydrogen) atoms. The van der Waals surface area contributed by atoms with Gasteiger partial charge in [0.15, 0.2) is 0 Å². The zero-order valence-electron chi connectivity index (χ0n) is 13.4. The van der Waals surface area contributed by atoms with Crippen LogP contribution in [-0.4, -0.2) is 35.6 Å². The van der Waals surface area contributed by atoms with E-state index in [4.69, 9.17) is 4.74 Å². The van der Waals surface area contributed by atoms with Crippen molar-refractivity contribution in [3.63, 3.8) is 0 Å². The van der Waals surface area contributed by atoms with Gasteiger partial charge in [-0.15, -0.1) is 0 Å². The van der Waals surface area contributed by atoms with Gasteiger partial charge >= 0.3 is 0 Å². The smallest absolute Gasteiger partial charge is 0.257 e. The fourth-order valence-corrected chi connectivity index (χ4v) is 2.61. The van der Waals surface area contributed by atoms with Gasteiger partial charge in [0.05, 0.1) is 17.7 Å². The zero-order chi connectivity index (χ0) is 16.9. The van der Waals surface area contributed by atoms with E-state index in [1.54, 1.807) is 42.6 Å². The topological polar surface area (TPSA) is 80.3 Å². The fourth-order valence-electron chi connectivity index (χ4n) is 2.61. The van der Waals surface area contributed by atoms with E-state index >= 15 is 0 Å². The van der Waals surface area contributed by atoms with E-state index in [2.05, 4.69) is 15.6 Å². The Morgan fingerprint density at radius 1 is 1.17 bits per heavy atom. The van der Waals surface area contributed by atoms with Gasteiger partial charge in [-0.1, -0.05) is 6.07 Å². The van der Waals surface area contributed by atoms with Crippen LogP contribution < -0.4 is 10.6 Å². The predicted octanol–water partition coefficient (Wildman–Crippen LogP) is 2.24. The van der Waals surface area contributed by atoms with Crippen LogP contribution in [-0.2, 0) is 4.74 Å². The Balaban J connectivity index is 1.67. The molecule has 0 radical (unpaired) electrons. The highest BCUT2D eigenvalue weighted by Crippen LogP contribution is 2.16. The minimum atomic E-state index is -0.265. The average molecular weight is 325 g/mol. The van der Waals surface area contributed by atoms with Crippen LogP contribution in [0.2, 0.25) is 0 Å². The number of amides is 2. The lowest BCUT2D eigenvalue weighted by Gasteiger charge is -2.16. The maximum absolute atomic E-state index is 12.4. The first-order valence-corrected chi connectivity index (χ1v) is 7.87. The summed E-state index contributed by atoms with van der Waals surface area (Å²) < 4.78 is 5.45. The number of hydrogen-bond donors (Lipinski definition) is 2. The fraction of sp³-hybridized carbons (Fsp3) is 0.278. The van der Waals surface area contributed by atoms with Crippen molar-refractivity contribution in [1.29, 1.82) is 0 Å². The third-order valence-corrected chi connectivity index (χ3v) is 4.00. The number of nitrogens with zero attached hydrogens (tertiary/aromatic N) is 1. The molecule has 1 saturated heterocycles. The van der Waals surface area contributed by atoms with Crippen molar-refractivity contribution in [3.05, 3.63) is 59.9 Å². The predicted molar refractivity (Wildman–Crippen MR) is 89.9 cm³/mol. The van der Waals surface area contributed by atoms with Gasteiger partial charge < -0.3 is 15.4 Å². The number of carbonyl (C=O) groups excluding carboxylic acids is 2. The Morgan fingerprint density at radius 2 is 2.00 bits per heavy atom. The molecule has 2 atom stereocenters. The van der Waals surface area contributed by atoms with Crippen LogP contribution in [0.4, 0.5) is 5.69 Å². The summed E-state index contributed by atoms with van der Waals surface area (Å²) in [6.45, 7) is 2.61. The number of nitrogens with one attached hydrogen (secondary N) is 2. The van der Waals surface area contributed by atoms with Gasteiger partial charge in [0, 0.05) is 30.3 Å². The van der Waals surface area contributed by atoms with Gasteiger partial charge in [0.25, 0.3) is 11.8 Å². The summed E-state index contributed by atoms with van der Waals surface area (Å²) >= 11 is 0. The van der Waals surface area contributed by atoms with E-state index in [0.29, 0.717) is 23.4 Å². The average Bonchev–Trinajstić information content (AvgIpc) is 3.00. The molecular weight excluding hydrogens is 306 g/mol. The van der Waals surface area contributed by atoms with Crippen molar-refractivity contribution >= 4 is 17.5 Å². The molecule has 2 unspecified atom stereocenters. The van der Waals surface area contributed by atoms with Crippen molar-refractivity contribution in [3.8, 4) is 0 Å². The molecule has 3 rings (SSSR count). The first kappa shape index (κ1) is 16.1. The molecular formula is C18H19N3O3. The molecule has 6 nitrogen and oxygen atoms in total. The first-order valence-electron chi connectivity index (χ1n) is 7.87. The van der Waals surface area contributed by atoms with Gasteiger partial charge in [-0.25, -0.2) is 0 Å². The van der Waals surface area contributed by atoms with Crippen molar-refractivity contribution < 1.29 is 14.3 Å². The lowest BCUT2D eigenvalue weighted by molar-refractivity contribution is 0.0866. The lowest BCUT2D eigenvalue weighted by Crippen LogP contribution is -2.39. The summed E-state index contributed by atoms with van der Waals surface area (Å²) in [7, 11) is 0. The first-order chi connectivity index (χ1) is 11.6. The Morgan fingerprint density at radius 3 is 2.71 bits per heavy atom. The molecule has 2 aromatic rings. The number of carbonyl (C=O) groups is 2. The minimum Gasteiger partial charge on any atom is -0.376 e. The number of ether oxygens (including phenoxy) is 1. The molecule has 124 valence electrons. The van der Waals surface area contributed by atoms with Gasteiger partial charge in [-0.05, 0) is 43.7 Å². The van der Waals surface area contributed by atoms with E-state index in [9.17, 15) is 9.59 Å². The van der Waals surface area contributed by atoms with Crippen LogP contribution in [0, 0.1) is 0 Å². The molecule has 0 bridgehead atoms. The maximum atomic E-state index is 12.4. The van der Waals surface area contributed by atoms with Crippen molar-refractivity contribution in [1.82, 2.24) is 10.3 Å². The summed E-state index contributed by atoms with van der Waals surface area (Å²) in [4.78, 5) is 28.4. The monoisotopic (exact) mass is 325 g/mol. The lowest BCUT2D eigenvalue weighted by atomic mass is 10.1. The van der Waals surface area contributed by atoms with Crippen LogP contribution >= 0.6 is 0 Å². The van der Waals surface area contributed by atoms with Crippen LogP contribution in [0.15, 0.2) is 48.8 Å². The van der Waals surface area contributed by atoms with Gasteiger partial charge in [-0.3, -0.25) is 14.6 Å². The highest BCUT2D eigenvalue weighted by Gasteiger charge is 2.26. The van der Waals surface area contributed by atoms with Gasteiger partial charge in [0.2, 0.25) is 0 Å². The molecule has 0 saturated carbocycles. The van der Waals surface area contributed by atoms with Gasteiger partial charge in [0.1, 0.15) is 0 Å². The van der Waals surface area contributed by atoms with Crippen molar-refractivity contribution in [2.75, 3.05) is 11.9 Å². The Bertz CT molecular complexity index is 733. The quantitative estimate of drug-likeness (QED) is 0.903. The highest BCUT2D eigenvalue weighted by atomic mass is 16.5. The third-order valence-electron chi connectivity index (χ3n) is 4.00. The molecule has 1 aromatic heterocycles. The second-order valence-corrected chi connectivity index (χ2v) is 5.72. The molecule has 0 spiro atoms. The van der Waals surface area contributed by atoms with Crippen molar-refractivity contribution in [2.24, 2.45) is 0 Å². The number of pyridine rings is 1. The molecule has 2 N–H and O–H groups in total. The largest absolute Gasteiger partial charge is 0.376 e. The molecule has 1 aliphatic heterocycles. The standard InChI is InChI=1S/C18H19N3O3/c1-12-16(7-9-24-12)21-17(22)13-4-2-6-15(10-13)20-18(23)14-5-3-8-19-11-14/h2-6,8,10-12,16H,7,9H2,1H3,(H,20,23)(H,21,22). The Labute approximate surface area is 140 Å². The van der Waals surface area contributed by atoms with E-state index in [1.807, 2.05) is 6.92 Å². The Kier molecular flexibility index (Phi) is 4.86. The Hall–Kier alpha value is -2.73. The normalized spacial score (nSPS) is 19.7. The highest BCUT2D eigenvalue weighted by molar-refractivity contribution is 6.04. The van der Waals surface area contributed by atoms with Crippen LogP contribution in [0.25, 0.3) is 0 Å². The zero-order valence-corrected chi connectivity index (χ0v) is 13.4. The molecule has 2 amide bonds. The number of aromatic nitrogens is 1. The van der Waals surface area contributed by atoms with E-state index in [-0.39, 0.29) is 24.0 Å². The summed E-state index contributed by atoms with van der Waals surface area (Å²) in [5, 5.41) is 5.74. The molecule has 1 fully saturated rings. The van der Waals surface area contributed by atoms with E-state index < -0.39 is 0 Å². The minimum absolute atomic E-state index is 0.0161. The number of anilines is 1. The molecule has 1 aliphatic rings. The second-order valence-electron chi connectivity index (χ2n) is 5.72. The van der Waals surface area contributed by atoms with Crippen LogP contribution in [0.1, 0.15) is 34.1 Å². The second kappa shape index (κ2) is 7.23. The molecule has 1 aromatic carbocycles. The summed E-state index contributed by atoms with van der Waals surface area (Å²) in [6.07, 6.45) is 3.93. The SMILES string of the molecule is CC1OCCC1NC(=O)c1cccc(NC(=O)c2cccnc2)c1.